The quantitative estimate of drug-likeness (QED) is 0.565. The van der Waals surface area contributed by atoms with E-state index in [0.29, 0.717) is 23.8 Å². The maximum Gasteiger partial charge on any atom is 0.293 e. The highest BCUT2D eigenvalue weighted by Crippen LogP contribution is 2.31. The van der Waals surface area contributed by atoms with Crippen molar-refractivity contribution in [3.63, 3.8) is 0 Å². The molecule has 1 saturated carbocycles. The fourth-order valence-corrected chi connectivity index (χ4v) is 3.60. The zero-order valence-corrected chi connectivity index (χ0v) is 15.7. The number of nitro benzene ring substituents is 1. The van der Waals surface area contributed by atoms with Crippen LogP contribution in [0.2, 0.25) is 0 Å². The summed E-state index contributed by atoms with van der Waals surface area (Å²) in [6, 6.07) is 13.0. The Balaban J connectivity index is 1.47. The molecule has 28 heavy (non-hydrogen) atoms. The molecule has 146 valence electrons. The molecule has 1 saturated heterocycles. The third-order valence-electron chi connectivity index (χ3n) is 5.27. The van der Waals surface area contributed by atoms with Crippen LogP contribution >= 0.6 is 0 Å². The van der Waals surface area contributed by atoms with Gasteiger partial charge in [-0.05, 0) is 49.4 Å². The lowest BCUT2D eigenvalue weighted by Gasteiger charge is -2.21. The average molecular weight is 380 g/mol. The normalized spacial score (nSPS) is 16.1. The van der Waals surface area contributed by atoms with Gasteiger partial charge in [-0.1, -0.05) is 18.2 Å². The van der Waals surface area contributed by atoms with Crippen LogP contribution in [0.15, 0.2) is 42.5 Å². The Bertz CT molecular complexity index is 889. The molecule has 0 radical (unpaired) electrons. The largest absolute Gasteiger partial charge is 0.377 e. The minimum Gasteiger partial charge on any atom is -0.377 e. The average Bonchev–Trinajstić information content (AvgIpc) is 3.35. The van der Waals surface area contributed by atoms with Crippen molar-refractivity contribution < 1.29 is 9.72 Å². The predicted octanol–water partition coefficient (Wildman–Crippen LogP) is 3.70. The first-order valence-electron chi connectivity index (χ1n) is 9.78. The van der Waals surface area contributed by atoms with Gasteiger partial charge in [0.05, 0.1) is 4.92 Å². The number of carbonyl (C=O) groups excluding carboxylic acids is 1. The monoisotopic (exact) mass is 380 g/mol. The molecule has 4 rings (SSSR count). The summed E-state index contributed by atoms with van der Waals surface area (Å²) in [6.45, 7) is 2.46. The number of hydrogen-bond donors (Lipinski definition) is 2. The molecule has 7 heteroatoms. The molecule has 2 fully saturated rings. The molecule has 1 heterocycles. The van der Waals surface area contributed by atoms with Crippen LogP contribution in [0.4, 0.5) is 17.1 Å². The van der Waals surface area contributed by atoms with E-state index < -0.39 is 4.92 Å². The summed E-state index contributed by atoms with van der Waals surface area (Å²) in [6.07, 6.45) is 4.42. The van der Waals surface area contributed by atoms with E-state index >= 15 is 0 Å². The van der Waals surface area contributed by atoms with Gasteiger partial charge in [-0.25, -0.2) is 0 Å². The second-order valence-electron chi connectivity index (χ2n) is 7.41. The number of nitrogens with zero attached hydrogens (tertiary/aromatic N) is 2. The number of rotatable bonds is 7. The molecule has 7 nitrogen and oxygen atoms in total. The molecule has 1 amide bonds. The van der Waals surface area contributed by atoms with E-state index in [1.54, 1.807) is 12.1 Å². The van der Waals surface area contributed by atoms with Crippen LogP contribution in [0.3, 0.4) is 0 Å². The van der Waals surface area contributed by atoms with Gasteiger partial charge >= 0.3 is 0 Å². The van der Waals surface area contributed by atoms with Crippen molar-refractivity contribution in [1.82, 2.24) is 5.32 Å². The number of anilines is 2. The lowest BCUT2D eigenvalue weighted by molar-refractivity contribution is -0.384. The standard InChI is InChI=1S/C21H24N4O3/c26-21(15-7-10-18(23-17-8-9-17)20(13-15)25(27)28)22-14-16-5-1-2-6-19(16)24-11-3-4-12-24/h1-2,5-7,10,13,17,23H,3-4,8-9,11-12,14H2,(H,22,26). The molecule has 2 N–H and O–H groups in total. The molecular formula is C21H24N4O3. The van der Waals surface area contributed by atoms with Crippen LogP contribution in [0.25, 0.3) is 0 Å². The summed E-state index contributed by atoms with van der Waals surface area (Å²) in [5.41, 5.74) is 2.92. The minimum atomic E-state index is -0.440. The zero-order chi connectivity index (χ0) is 19.5. The van der Waals surface area contributed by atoms with Crippen LogP contribution < -0.4 is 15.5 Å². The second kappa shape index (κ2) is 7.88. The molecule has 1 aliphatic heterocycles. The fourth-order valence-electron chi connectivity index (χ4n) is 3.60. The van der Waals surface area contributed by atoms with E-state index in [4.69, 9.17) is 0 Å². The number of nitro groups is 1. The van der Waals surface area contributed by atoms with Crippen molar-refractivity contribution in [3.05, 3.63) is 63.7 Å². The third kappa shape index (κ3) is 4.08. The first-order chi connectivity index (χ1) is 13.6. The Hall–Kier alpha value is -3.09. The van der Waals surface area contributed by atoms with Crippen molar-refractivity contribution in [2.75, 3.05) is 23.3 Å². The molecule has 2 aromatic carbocycles. The van der Waals surface area contributed by atoms with Crippen LogP contribution in [0.1, 0.15) is 41.6 Å². The molecule has 0 spiro atoms. The van der Waals surface area contributed by atoms with E-state index in [2.05, 4.69) is 21.6 Å². The number of benzene rings is 2. The lowest BCUT2D eigenvalue weighted by atomic mass is 10.1. The minimum absolute atomic E-state index is 0.0583. The van der Waals surface area contributed by atoms with Gasteiger partial charge in [-0.2, -0.15) is 0 Å². The van der Waals surface area contributed by atoms with Gasteiger partial charge in [0.2, 0.25) is 0 Å². The topological polar surface area (TPSA) is 87.5 Å². The van der Waals surface area contributed by atoms with Crippen molar-refractivity contribution >= 4 is 23.0 Å². The first-order valence-corrected chi connectivity index (χ1v) is 9.78. The summed E-state index contributed by atoms with van der Waals surface area (Å²) < 4.78 is 0. The number of para-hydroxylation sites is 1. The summed E-state index contributed by atoms with van der Waals surface area (Å²) >= 11 is 0. The van der Waals surface area contributed by atoms with E-state index in [1.807, 2.05) is 18.2 Å². The van der Waals surface area contributed by atoms with Crippen molar-refractivity contribution in [3.8, 4) is 0 Å². The second-order valence-corrected chi connectivity index (χ2v) is 7.41. The van der Waals surface area contributed by atoms with Crippen LogP contribution in [-0.4, -0.2) is 30.0 Å². The Morgan fingerprint density at radius 2 is 1.89 bits per heavy atom. The van der Waals surface area contributed by atoms with Gasteiger partial charge in [0.25, 0.3) is 11.6 Å². The molecule has 2 aromatic rings. The van der Waals surface area contributed by atoms with Crippen LogP contribution in [-0.2, 0) is 6.54 Å². The molecule has 1 aliphatic carbocycles. The van der Waals surface area contributed by atoms with Gasteiger partial charge in [0.1, 0.15) is 5.69 Å². The Morgan fingerprint density at radius 3 is 2.61 bits per heavy atom. The first kappa shape index (κ1) is 18.3. The fraction of sp³-hybridized carbons (Fsp3) is 0.381. The zero-order valence-electron chi connectivity index (χ0n) is 15.7. The van der Waals surface area contributed by atoms with E-state index in [-0.39, 0.29) is 11.6 Å². The number of carbonyl (C=O) groups is 1. The maximum atomic E-state index is 12.6. The Morgan fingerprint density at radius 1 is 1.14 bits per heavy atom. The van der Waals surface area contributed by atoms with E-state index in [0.717, 1.165) is 37.2 Å². The predicted molar refractivity (Wildman–Crippen MR) is 109 cm³/mol. The number of amides is 1. The SMILES string of the molecule is O=C(NCc1ccccc1N1CCCC1)c1ccc(NC2CC2)c([N+](=O)[O-])c1. The van der Waals surface area contributed by atoms with Gasteiger partial charge in [0, 0.05) is 43.0 Å². The number of hydrogen-bond acceptors (Lipinski definition) is 5. The molecule has 0 bridgehead atoms. The molecule has 2 aliphatic rings. The van der Waals surface area contributed by atoms with Crippen LogP contribution in [0, 0.1) is 10.1 Å². The number of nitrogens with one attached hydrogen (secondary N) is 2. The highest BCUT2D eigenvalue weighted by molar-refractivity contribution is 5.95. The summed E-state index contributed by atoms with van der Waals surface area (Å²) in [4.78, 5) is 25.9. The summed E-state index contributed by atoms with van der Waals surface area (Å²) in [5, 5.41) is 17.5. The van der Waals surface area contributed by atoms with Gasteiger partial charge in [-0.15, -0.1) is 0 Å². The Kier molecular flexibility index (Phi) is 5.14. The smallest absolute Gasteiger partial charge is 0.293 e. The van der Waals surface area contributed by atoms with Crippen molar-refractivity contribution in [2.24, 2.45) is 0 Å². The highest BCUT2D eigenvalue weighted by atomic mass is 16.6. The van der Waals surface area contributed by atoms with Gasteiger partial charge in [-0.3, -0.25) is 14.9 Å². The molecular weight excluding hydrogens is 356 g/mol. The highest BCUT2D eigenvalue weighted by Gasteiger charge is 2.25. The summed E-state index contributed by atoms with van der Waals surface area (Å²) in [5.74, 6) is -0.308. The Labute approximate surface area is 163 Å². The van der Waals surface area contributed by atoms with E-state index in [1.165, 1.54) is 18.9 Å². The van der Waals surface area contributed by atoms with E-state index in [9.17, 15) is 14.9 Å². The lowest BCUT2D eigenvalue weighted by Crippen LogP contribution is -2.25. The maximum absolute atomic E-state index is 12.6. The summed E-state index contributed by atoms with van der Waals surface area (Å²) in [7, 11) is 0. The van der Waals surface area contributed by atoms with Gasteiger partial charge < -0.3 is 15.5 Å². The van der Waals surface area contributed by atoms with Gasteiger partial charge in [0.15, 0.2) is 0 Å². The van der Waals surface area contributed by atoms with Crippen molar-refractivity contribution in [2.45, 2.75) is 38.3 Å². The molecule has 0 atom stereocenters. The van der Waals surface area contributed by atoms with Crippen LogP contribution in [0.5, 0.6) is 0 Å². The molecule has 0 aromatic heterocycles. The third-order valence-corrected chi connectivity index (χ3v) is 5.27. The molecule has 0 unspecified atom stereocenters. The van der Waals surface area contributed by atoms with Crippen molar-refractivity contribution in [1.29, 1.82) is 0 Å².